The van der Waals surface area contributed by atoms with Crippen LogP contribution in [0.3, 0.4) is 0 Å². The van der Waals surface area contributed by atoms with E-state index in [4.69, 9.17) is 23.8 Å². The van der Waals surface area contributed by atoms with Gasteiger partial charge in [-0.05, 0) is 38.6 Å². The van der Waals surface area contributed by atoms with Crippen LogP contribution in [-0.2, 0) is 0 Å². The van der Waals surface area contributed by atoms with Crippen LogP contribution in [0.4, 0.5) is 0 Å². The molecule has 0 aliphatic carbocycles. The largest absolute Gasteiger partial charge is 0.457 e. The molecule has 12 aromatic rings. The molecule has 8 aromatic carbocycles. The summed E-state index contributed by atoms with van der Waals surface area (Å²) in [6, 6.07) is 0. The number of benzene rings is 8. The molecule has 0 atom stereocenters. The van der Waals surface area contributed by atoms with Crippen LogP contribution in [-0.4, -0.2) is 242 Å². The molecule has 0 aliphatic heterocycles. The van der Waals surface area contributed by atoms with Crippen LogP contribution in [0, 0.1) is 0 Å². The molecule has 0 aliphatic rings. The normalized spacial score (nSPS) is 11.9. The van der Waals surface area contributed by atoms with Gasteiger partial charge in [-0.25, -0.2) is 15.0 Å². The molecular formula is C51H58B29N3O2S. The molecule has 0 saturated carbocycles. The predicted molar refractivity (Wildman–Crippen MR) is 472 cm³/mol. The molecular weight excluding hydrogens is 1030 g/mol. The van der Waals surface area contributed by atoms with Crippen molar-refractivity contribution >= 4 is 461 Å². The van der Waals surface area contributed by atoms with E-state index in [9.17, 15) is 0 Å². The lowest BCUT2D eigenvalue weighted by Gasteiger charge is -2.26. The fraction of sp³-hybridized carbons (Fsp3) is 0. The number of hydrogen-bond acceptors (Lipinski definition) is 6. The maximum atomic E-state index is 7.46. The van der Waals surface area contributed by atoms with Crippen LogP contribution in [0.25, 0.3) is 120 Å². The maximum absolute atomic E-state index is 7.46. The molecule has 0 N–H and O–H groups in total. The number of fused-ring (bicyclic) bond motifs is 9. The minimum absolute atomic E-state index is 0.664. The van der Waals surface area contributed by atoms with E-state index in [2.05, 4.69) is 228 Å². The van der Waals surface area contributed by atoms with E-state index >= 15 is 0 Å². The summed E-state index contributed by atoms with van der Waals surface area (Å²) in [6.07, 6.45) is 0. The highest BCUT2D eigenvalue weighted by molar-refractivity contribution is 7.28. The molecule has 0 amide bonds. The summed E-state index contributed by atoms with van der Waals surface area (Å²) in [4.78, 5) is 17.2. The van der Waals surface area contributed by atoms with Crippen molar-refractivity contribution in [1.29, 1.82) is 0 Å². The van der Waals surface area contributed by atoms with Crippen LogP contribution in [0.1, 0.15) is 0 Å². The van der Waals surface area contributed by atoms with Gasteiger partial charge in [-0.1, -0.05) is 98.3 Å². The summed E-state index contributed by atoms with van der Waals surface area (Å²) in [6.45, 7) is 0. The Bertz CT molecular complexity index is 5190. The summed E-state index contributed by atoms with van der Waals surface area (Å²) in [7, 11) is 66.2. The monoisotopic (exact) mass is 1100 g/mol. The quantitative estimate of drug-likeness (QED) is 0.161. The zero-order valence-corrected chi connectivity index (χ0v) is 57.9. The molecule has 0 unspecified atom stereocenters. The molecule has 0 radical (unpaired) electrons. The van der Waals surface area contributed by atoms with E-state index in [-0.39, 0.29) is 0 Å². The van der Waals surface area contributed by atoms with Gasteiger partial charge < -0.3 is 8.83 Å². The number of rotatable bonds is 5. The van der Waals surface area contributed by atoms with Crippen molar-refractivity contribution in [2.45, 2.75) is 0 Å². The Hall–Kier alpha value is -5.53. The third-order valence-corrected chi connectivity index (χ3v) is 24.6. The molecule has 35 heteroatoms. The summed E-state index contributed by atoms with van der Waals surface area (Å²) >= 11 is 1.93. The van der Waals surface area contributed by atoms with E-state index in [1.165, 1.54) is 190 Å². The maximum Gasteiger partial charge on any atom is 0.164 e. The van der Waals surface area contributed by atoms with E-state index < -0.39 is 0 Å². The molecule has 382 valence electrons. The molecule has 0 fully saturated rings. The van der Waals surface area contributed by atoms with E-state index in [1.54, 1.807) is 0 Å². The van der Waals surface area contributed by atoms with Crippen LogP contribution in [0.2, 0.25) is 0 Å². The Balaban J connectivity index is 1.19. The minimum Gasteiger partial charge on any atom is -0.457 e. The summed E-state index contributed by atoms with van der Waals surface area (Å²) < 4.78 is 17.5. The van der Waals surface area contributed by atoms with Crippen molar-refractivity contribution < 1.29 is 8.83 Å². The number of aromatic nitrogens is 3. The van der Waals surface area contributed by atoms with Gasteiger partial charge in [-0.3, -0.25) is 0 Å². The minimum atomic E-state index is 0.664. The van der Waals surface area contributed by atoms with Crippen molar-refractivity contribution in [2.24, 2.45) is 0 Å². The Morgan fingerprint density at radius 1 is 0.174 bits per heavy atom. The lowest BCUT2D eigenvalue weighted by molar-refractivity contribution is 0.674. The van der Waals surface area contributed by atoms with Crippen LogP contribution >= 0.6 is 11.3 Å². The zero-order valence-electron chi connectivity index (χ0n) is 57.1. The topological polar surface area (TPSA) is 65.0 Å². The SMILES string of the molecule is Bc1c(B)c(B)c(-c2nc(-c3c(B)c(B)c4c(oc5c(B)c(B)c(-c6c(B)c(-c7c(B)c(B)c(B)c(B)c7B)c7c(oc8c(B)c(B)c(B)c(B)c87)c6B)c(B)c54)c3B)nc(-c3c(B)c(B)c(B)c4sc5c(B)c(B)c(B)c(B)c5c34)n2)c(B)c1B. The van der Waals surface area contributed by atoms with Gasteiger partial charge in [0.1, 0.15) is 250 Å². The highest BCUT2D eigenvalue weighted by Crippen LogP contribution is 2.38. The average molecular weight is 1090 g/mol. The Morgan fingerprint density at radius 2 is 0.430 bits per heavy atom. The first-order valence-corrected chi connectivity index (χ1v) is 31.9. The van der Waals surface area contributed by atoms with Gasteiger partial charge in [0.25, 0.3) is 0 Å². The van der Waals surface area contributed by atoms with Gasteiger partial charge in [0.05, 0.1) is 0 Å². The summed E-state index contributed by atoms with van der Waals surface area (Å²) in [5.74, 6) is 2.07. The van der Waals surface area contributed by atoms with E-state index in [0.717, 1.165) is 71.6 Å². The first-order valence-electron chi connectivity index (χ1n) is 31.1. The molecule has 4 aromatic heterocycles. The Labute approximate surface area is 537 Å². The molecule has 0 saturated heterocycles. The third-order valence-electron chi connectivity index (χ3n) is 23.2. The molecule has 12 rings (SSSR count). The fourth-order valence-electron chi connectivity index (χ4n) is 15.8. The average Bonchev–Trinajstić information content (AvgIpc) is 1.48. The number of thiophene rings is 1. The van der Waals surface area contributed by atoms with Crippen molar-refractivity contribution in [2.75, 3.05) is 0 Å². The highest BCUT2D eigenvalue weighted by atomic mass is 32.1. The van der Waals surface area contributed by atoms with Gasteiger partial charge in [-0.15, -0.1) is 60.5 Å². The van der Waals surface area contributed by atoms with Crippen molar-refractivity contribution in [1.82, 2.24) is 15.0 Å². The smallest absolute Gasteiger partial charge is 0.164 e. The van der Waals surface area contributed by atoms with Gasteiger partial charge in [0.2, 0.25) is 0 Å². The second-order valence-corrected chi connectivity index (χ2v) is 27.6. The standard InChI is InChI=1S/C51H58B29N3O2S/c52-14-1(4-16(54)28(66)35(73)29(67)17(4)55)2-7-20(58)30(68)37(75)40(78)45(7)84-43(2)26(64)6(14)5-15(53)8-9-19(57)23(61)13(27(65)44(9)85-46(8)39(77)18(5)56)51-82-49(81-50(83-51)12-24(62)32(70)36(74)33(71)25(12)63)11-3-10-21(59)31(69)38(76)42(80)48(10)86-47(3)41(79)34(72)22(11)60/h52-80H2. The van der Waals surface area contributed by atoms with Crippen LogP contribution < -0.4 is 158 Å². The highest BCUT2D eigenvalue weighted by Gasteiger charge is 2.32. The number of furan rings is 2. The Morgan fingerprint density at radius 3 is 0.942 bits per heavy atom. The fourth-order valence-corrected chi connectivity index (χ4v) is 17.3. The lowest BCUT2D eigenvalue weighted by atomic mass is 9.57. The van der Waals surface area contributed by atoms with E-state index in [1.807, 2.05) is 11.3 Å². The first kappa shape index (κ1) is 60.7. The van der Waals surface area contributed by atoms with Gasteiger partial charge in [-0.2, -0.15) is 0 Å². The molecule has 5 nitrogen and oxygen atoms in total. The second-order valence-electron chi connectivity index (χ2n) is 26.6. The third kappa shape index (κ3) is 8.01. The first-order chi connectivity index (χ1) is 40.3. The molecule has 0 spiro atoms. The van der Waals surface area contributed by atoms with Crippen molar-refractivity contribution in [3.8, 4) is 56.4 Å². The van der Waals surface area contributed by atoms with Crippen molar-refractivity contribution in [3.05, 3.63) is 0 Å². The van der Waals surface area contributed by atoms with Gasteiger partial charge in [0.15, 0.2) is 17.5 Å². The zero-order chi connectivity index (χ0) is 62.7. The van der Waals surface area contributed by atoms with Gasteiger partial charge in [0, 0.05) is 53.0 Å². The van der Waals surface area contributed by atoms with Crippen LogP contribution in [0.15, 0.2) is 8.83 Å². The Kier molecular flexibility index (Phi) is 14.7. The number of nitrogens with zero attached hydrogens (tertiary/aromatic N) is 3. The molecule has 0 bridgehead atoms. The molecule has 86 heavy (non-hydrogen) atoms. The lowest BCUT2D eigenvalue weighted by Crippen LogP contribution is -2.55. The van der Waals surface area contributed by atoms with Crippen LogP contribution in [0.5, 0.6) is 0 Å². The summed E-state index contributed by atoms with van der Waals surface area (Å²) in [5, 5.41) is 7.34. The van der Waals surface area contributed by atoms with E-state index in [0.29, 0.717) is 17.5 Å². The predicted octanol–water partition coefficient (Wildman–Crippen LogP) is -36.1. The summed E-state index contributed by atoms with van der Waals surface area (Å²) in [5.41, 5.74) is 48.6. The number of hydrogen-bond donors (Lipinski definition) is 0. The van der Waals surface area contributed by atoms with Crippen molar-refractivity contribution in [3.63, 3.8) is 0 Å². The second kappa shape index (κ2) is 20.8. The molecule has 4 heterocycles. The van der Waals surface area contributed by atoms with Gasteiger partial charge >= 0.3 is 0 Å².